The van der Waals surface area contributed by atoms with E-state index in [1.807, 2.05) is 25.1 Å². The summed E-state index contributed by atoms with van der Waals surface area (Å²) in [4.78, 5) is 20.8. The van der Waals surface area contributed by atoms with E-state index in [4.69, 9.17) is 23.7 Å². The Morgan fingerprint density at radius 1 is 0.796 bits per heavy atom. The fourth-order valence-corrected chi connectivity index (χ4v) is 5.17. The van der Waals surface area contributed by atoms with Crippen molar-refractivity contribution in [1.29, 1.82) is 0 Å². The first-order valence-corrected chi connectivity index (χ1v) is 16.5. The molecule has 49 heavy (non-hydrogen) atoms. The van der Waals surface area contributed by atoms with Crippen LogP contribution < -0.4 is 9.47 Å². The molecule has 0 bridgehead atoms. The summed E-state index contributed by atoms with van der Waals surface area (Å²) in [6.45, 7) is 18.5. The van der Waals surface area contributed by atoms with Crippen molar-refractivity contribution in [1.82, 2.24) is 0 Å². The molecule has 6 nitrogen and oxygen atoms in total. The lowest BCUT2D eigenvalue weighted by molar-refractivity contribution is -0.139. The molecule has 0 fully saturated rings. The maximum absolute atomic E-state index is 11.7. The van der Waals surface area contributed by atoms with Gasteiger partial charge < -0.3 is 18.9 Å². The minimum atomic E-state index is -0.437. The topological polar surface area (TPSA) is 71.1 Å². The van der Waals surface area contributed by atoms with Gasteiger partial charge in [0.2, 0.25) is 0 Å². The molecule has 0 aliphatic rings. The minimum absolute atomic E-state index is 0.00816. The van der Waals surface area contributed by atoms with Crippen molar-refractivity contribution in [3.63, 3.8) is 0 Å². The van der Waals surface area contributed by atoms with Gasteiger partial charge in [-0.25, -0.2) is 4.79 Å². The molecule has 0 saturated carbocycles. The zero-order chi connectivity index (χ0) is 35.6. The second kappa shape index (κ2) is 20.2. The lowest BCUT2D eigenvalue weighted by atomic mass is 9.93. The van der Waals surface area contributed by atoms with Gasteiger partial charge in [-0.2, -0.15) is 0 Å². The number of rotatable bonds is 17. The Balaban J connectivity index is 0.00000154. The van der Waals surface area contributed by atoms with E-state index >= 15 is 0 Å². The number of benzene rings is 4. The highest BCUT2D eigenvalue weighted by Crippen LogP contribution is 2.42. The van der Waals surface area contributed by atoms with E-state index < -0.39 is 5.97 Å². The van der Waals surface area contributed by atoms with E-state index in [1.165, 1.54) is 17.5 Å². The lowest BCUT2D eigenvalue weighted by Crippen LogP contribution is -2.19. The summed E-state index contributed by atoms with van der Waals surface area (Å²) in [6, 6.07) is 25.3. The molecular formula is C43H48O6. The van der Waals surface area contributed by atoms with E-state index in [-0.39, 0.29) is 18.4 Å². The van der Waals surface area contributed by atoms with E-state index in [9.17, 15) is 4.79 Å². The number of aldehydes is 1. The summed E-state index contributed by atoms with van der Waals surface area (Å²) < 4.78 is 23.8. The van der Waals surface area contributed by atoms with Crippen LogP contribution in [0.15, 0.2) is 111 Å². The largest absolute Gasteiger partial charge is 0.492 e. The van der Waals surface area contributed by atoms with Crippen LogP contribution in [0, 0.1) is 11.8 Å². The highest BCUT2D eigenvalue weighted by atomic mass is 16.5. The van der Waals surface area contributed by atoms with Crippen molar-refractivity contribution in [3.8, 4) is 33.8 Å². The number of hydrogen-bond acceptors (Lipinski definition) is 6. The number of carbonyl (C=O) groups is 2. The Morgan fingerprint density at radius 3 is 2.06 bits per heavy atom. The third kappa shape index (κ3) is 11.2. The first-order chi connectivity index (χ1) is 23.8. The van der Waals surface area contributed by atoms with Crippen LogP contribution in [-0.4, -0.2) is 45.8 Å². The van der Waals surface area contributed by atoms with Gasteiger partial charge in [0.25, 0.3) is 0 Å². The summed E-state index contributed by atoms with van der Waals surface area (Å²) in [5, 5.41) is 2.33. The summed E-state index contributed by atoms with van der Waals surface area (Å²) in [7, 11) is 1.70. The van der Waals surface area contributed by atoms with Crippen LogP contribution in [-0.2, 0) is 19.1 Å². The lowest BCUT2D eigenvalue weighted by Gasteiger charge is -2.22. The molecule has 2 unspecified atom stereocenters. The molecular weight excluding hydrogens is 612 g/mol. The molecule has 0 aliphatic carbocycles. The zero-order valence-electron chi connectivity index (χ0n) is 29.2. The molecule has 4 rings (SSSR count). The average Bonchev–Trinajstić information content (AvgIpc) is 3.14. The number of fused-ring (bicyclic) bond motifs is 1. The summed E-state index contributed by atoms with van der Waals surface area (Å²) in [6.07, 6.45) is 9.77. The van der Waals surface area contributed by atoms with Crippen LogP contribution in [0.4, 0.5) is 0 Å². The second-order valence-electron chi connectivity index (χ2n) is 11.6. The molecule has 0 spiro atoms. The molecule has 0 aliphatic heterocycles. The maximum atomic E-state index is 11.7. The maximum Gasteiger partial charge on any atom is 0.330 e. The van der Waals surface area contributed by atoms with E-state index in [2.05, 4.69) is 106 Å². The summed E-state index contributed by atoms with van der Waals surface area (Å²) >= 11 is 0. The van der Waals surface area contributed by atoms with Gasteiger partial charge in [0.15, 0.2) is 0 Å². The molecule has 256 valence electrons. The number of esters is 1. The number of ether oxygens (including phenoxy) is 4. The predicted octanol–water partition coefficient (Wildman–Crippen LogP) is 10.0. The fourth-order valence-electron chi connectivity index (χ4n) is 5.17. The molecule has 0 saturated heterocycles. The number of hydrogen-bond donors (Lipinski definition) is 0. The van der Waals surface area contributed by atoms with Crippen LogP contribution in [0.3, 0.4) is 0 Å². The Bertz CT molecular complexity index is 1750. The molecule has 0 aromatic heterocycles. The predicted molar refractivity (Wildman–Crippen MR) is 203 cm³/mol. The Kier molecular flexibility index (Phi) is 15.8. The van der Waals surface area contributed by atoms with Crippen molar-refractivity contribution in [3.05, 3.63) is 122 Å². The van der Waals surface area contributed by atoms with Gasteiger partial charge in [-0.15, -0.1) is 0 Å². The number of methoxy groups -OCH3 is 1. The van der Waals surface area contributed by atoms with Crippen molar-refractivity contribution < 1.29 is 28.5 Å². The molecule has 0 amide bonds. The van der Waals surface area contributed by atoms with Gasteiger partial charge in [0.1, 0.15) is 17.8 Å². The molecule has 0 N–H and O–H groups in total. The average molecular weight is 661 g/mol. The first-order valence-electron chi connectivity index (χ1n) is 16.5. The summed E-state index contributed by atoms with van der Waals surface area (Å²) in [5.41, 5.74) is 6.07. The highest BCUT2D eigenvalue weighted by Gasteiger charge is 2.19. The van der Waals surface area contributed by atoms with Crippen LogP contribution in [0.1, 0.15) is 38.3 Å². The quantitative estimate of drug-likeness (QED) is 0.0638. The van der Waals surface area contributed by atoms with Crippen LogP contribution in [0.2, 0.25) is 0 Å². The normalized spacial score (nSPS) is 11.9. The van der Waals surface area contributed by atoms with Gasteiger partial charge in [0.05, 0.1) is 26.4 Å². The first kappa shape index (κ1) is 38.2. The fraction of sp³-hybridized carbons (Fsp3) is 0.256. The molecule has 4 aromatic rings. The van der Waals surface area contributed by atoms with Gasteiger partial charge in [-0.05, 0) is 70.6 Å². The molecule has 6 heteroatoms. The van der Waals surface area contributed by atoms with Gasteiger partial charge in [-0.3, -0.25) is 4.79 Å². The number of carbonyl (C=O) groups excluding carboxylic acids is 2. The molecule has 4 aromatic carbocycles. The molecule has 0 heterocycles. The summed E-state index contributed by atoms with van der Waals surface area (Å²) in [5.74, 6) is 1.19. The van der Waals surface area contributed by atoms with E-state index in [0.29, 0.717) is 31.9 Å². The molecule has 2 atom stereocenters. The van der Waals surface area contributed by atoms with Crippen LogP contribution in [0.5, 0.6) is 11.5 Å². The molecule has 0 radical (unpaired) electrons. The Labute approximate surface area is 291 Å². The third-order valence-electron chi connectivity index (χ3n) is 7.86. The Hall–Kier alpha value is -5.20. The van der Waals surface area contributed by atoms with E-state index in [1.54, 1.807) is 7.11 Å². The second-order valence-corrected chi connectivity index (χ2v) is 11.6. The van der Waals surface area contributed by atoms with E-state index in [0.717, 1.165) is 50.9 Å². The monoisotopic (exact) mass is 660 g/mol. The van der Waals surface area contributed by atoms with Crippen molar-refractivity contribution in [2.45, 2.75) is 27.2 Å². The van der Waals surface area contributed by atoms with Gasteiger partial charge in [-0.1, -0.05) is 100 Å². The van der Waals surface area contributed by atoms with Crippen molar-refractivity contribution >= 4 is 35.2 Å². The van der Waals surface area contributed by atoms with Crippen LogP contribution >= 0.6 is 0 Å². The van der Waals surface area contributed by atoms with Crippen LogP contribution in [0.25, 0.3) is 45.2 Å². The highest BCUT2D eigenvalue weighted by molar-refractivity contribution is 5.90. The van der Waals surface area contributed by atoms with Gasteiger partial charge in [0, 0.05) is 42.2 Å². The van der Waals surface area contributed by atoms with Gasteiger partial charge >= 0.3 is 5.97 Å². The minimum Gasteiger partial charge on any atom is -0.492 e. The number of allylic oxidation sites excluding steroid dienone is 2. The smallest absolute Gasteiger partial charge is 0.330 e. The SMILES string of the molecule is C=CC(=O)OCC(CC)COc1cc(OCC(C)COC)c(-c2ccc3ccccc3c2)cc1-c1ccc(/C=C\C)c(C=C)c1.C=CC=O. The van der Waals surface area contributed by atoms with Crippen molar-refractivity contribution in [2.75, 3.05) is 33.5 Å². The Morgan fingerprint density at radius 2 is 1.45 bits per heavy atom. The standard InChI is InChI=1S/C40H44O5.C3H4O/c1-7-13-31-16-18-34(20-30(31)9-3)36-22-37(35-19-17-32-14-11-12-15-33(32)21-35)38(43-25-28(5)24-42-6)23-39(36)44-26-29(8-2)27-45-40(41)10-4;1-2-3-4/h7,9-23,28-29H,3-4,8,24-27H2,1-2,5-6H3;2-3H,1H2/b13-7-;. The third-order valence-corrected chi connectivity index (χ3v) is 7.86. The zero-order valence-corrected chi connectivity index (χ0v) is 29.2. The van der Waals surface area contributed by atoms with Crippen molar-refractivity contribution in [2.24, 2.45) is 11.8 Å².